The number of hydrogen-bond donors (Lipinski definition) is 2. The molecule has 0 aliphatic heterocycles. The molecule has 86 valence electrons. The molecule has 0 amide bonds. The van der Waals surface area contributed by atoms with Crippen molar-refractivity contribution in [2.75, 3.05) is 0 Å². The predicted molar refractivity (Wildman–Crippen MR) is 62.6 cm³/mol. The number of carbonyl (C=O) groups is 1. The molecular formula is C13H17NO2. The Hall–Kier alpha value is -1.35. The number of Topliss-reactive ketones (excluding diaryl/α,β-unsaturated/α-hetero) is 1. The summed E-state index contributed by atoms with van der Waals surface area (Å²) in [5.41, 5.74) is 8.99. The summed E-state index contributed by atoms with van der Waals surface area (Å²) in [7, 11) is 0. The summed E-state index contributed by atoms with van der Waals surface area (Å²) in [6.07, 6.45) is 4.12. The Morgan fingerprint density at radius 1 is 1.44 bits per heavy atom. The van der Waals surface area contributed by atoms with Crippen LogP contribution in [-0.4, -0.2) is 10.9 Å². The highest BCUT2D eigenvalue weighted by atomic mass is 16.3. The van der Waals surface area contributed by atoms with Crippen LogP contribution in [0, 0.1) is 0 Å². The van der Waals surface area contributed by atoms with Crippen molar-refractivity contribution in [3.8, 4) is 5.75 Å². The van der Waals surface area contributed by atoms with E-state index in [2.05, 4.69) is 0 Å². The largest absolute Gasteiger partial charge is 0.507 e. The van der Waals surface area contributed by atoms with E-state index < -0.39 is 0 Å². The van der Waals surface area contributed by atoms with Crippen molar-refractivity contribution in [2.45, 2.75) is 39.2 Å². The van der Waals surface area contributed by atoms with Gasteiger partial charge in [-0.05, 0) is 43.7 Å². The van der Waals surface area contributed by atoms with Crippen LogP contribution in [-0.2, 0) is 19.4 Å². The maximum absolute atomic E-state index is 11.6. The van der Waals surface area contributed by atoms with E-state index in [1.165, 1.54) is 12.5 Å². The molecule has 0 heterocycles. The molecule has 1 aromatic rings. The maximum Gasteiger partial charge on any atom is 0.163 e. The zero-order valence-corrected chi connectivity index (χ0v) is 9.55. The summed E-state index contributed by atoms with van der Waals surface area (Å²) < 4.78 is 0. The lowest BCUT2D eigenvalue weighted by atomic mass is 9.85. The first-order chi connectivity index (χ1) is 7.65. The SMILES string of the molecule is CC(=O)c1c(O)c(CN)cc2c1CCCC2. The molecule has 0 saturated carbocycles. The van der Waals surface area contributed by atoms with Crippen LogP contribution < -0.4 is 5.73 Å². The monoisotopic (exact) mass is 219 g/mol. The number of carbonyl (C=O) groups excluding carboxylic acids is 1. The third kappa shape index (κ3) is 1.71. The zero-order valence-electron chi connectivity index (χ0n) is 9.55. The second-order valence-electron chi connectivity index (χ2n) is 4.36. The highest BCUT2D eigenvalue weighted by Gasteiger charge is 2.21. The van der Waals surface area contributed by atoms with Crippen LogP contribution in [0.15, 0.2) is 6.07 Å². The second-order valence-corrected chi connectivity index (χ2v) is 4.36. The molecule has 0 aromatic heterocycles. The molecule has 3 heteroatoms. The Morgan fingerprint density at radius 3 is 2.75 bits per heavy atom. The van der Waals surface area contributed by atoms with Gasteiger partial charge in [0.15, 0.2) is 5.78 Å². The number of hydrogen-bond acceptors (Lipinski definition) is 3. The van der Waals surface area contributed by atoms with E-state index in [4.69, 9.17) is 5.73 Å². The average molecular weight is 219 g/mol. The Labute approximate surface area is 95.3 Å². The minimum Gasteiger partial charge on any atom is -0.507 e. The van der Waals surface area contributed by atoms with E-state index >= 15 is 0 Å². The molecule has 0 atom stereocenters. The minimum atomic E-state index is -0.0639. The number of aromatic hydroxyl groups is 1. The molecule has 3 nitrogen and oxygen atoms in total. The van der Waals surface area contributed by atoms with E-state index in [1.54, 1.807) is 0 Å². The van der Waals surface area contributed by atoms with Gasteiger partial charge in [-0.15, -0.1) is 0 Å². The van der Waals surface area contributed by atoms with Crippen molar-refractivity contribution >= 4 is 5.78 Å². The number of fused-ring (bicyclic) bond motifs is 1. The van der Waals surface area contributed by atoms with Crippen LogP contribution in [0.25, 0.3) is 0 Å². The summed E-state index contributed by atoms with van der Waals surface area (Å²) in [6, 6.07) is 1.95. The minimum absolute atomic E-state index is 0.0639. The molecule has 0 spiro atoms. The summed E-state index contributed by atoms with van der Waals surface area (Å²) in [6.45, 7) is 1.78. The fourth-order valence-electron chi connectivity index (χ4n) is 2.49. The van der Waals surface area contributed by atoms with Gasteiger partial charge in [0.2, 0.25) is 0 Å². The third-order valence-electron chi connectivity index (χ3n) is 3.27. The second kappa shape index (κ2) is 4.26. The van der Waals surface area contributed by atoms with E-state index in [-0.39, 0.29) is 18.1 Å². The van der Waals surface area contributed by atoms with Gasteiger partial charge in [-0.1, -0.05) is 6.07 Å². The van der Waals surface area contributed by atoms with Gasteiger partial charge in [0.25, 0.3) is 0 Å². The van der Waals surface area contributed by atoms with Crippen LogP contribution in [0.2, 0.25) is 0 Å². The Morgan fingerprint density at radius 2 is 2.12 bits per heavy atom. The predicted octanol–water partition coefficient (Wildman–Crippen LogP) is 1.93. The molecule has 0 unspecified atom stereocenters. The first kappa shape index (κ1) is 11.1. The molecule has 3 N–H and O–H groups in total. The molecule has 0 bridgehead atoms. The van der Waals surface area contributed by atoms with E-state index in [0.29, 0.717) is 11.1 Å². The summed E-state index contributed by atoms with van der Waals surface area (Å²) in [4.78, 5) is 11.6. The number of ketones is 1. The van der Waals surface area contributed by atoms with Gasteiger partial charge < -0.3 is 10.8 Å². The topological polar surface area (TPSA) is 63.3 Å². The smallest absolute Gasteiger partial charge is 0.163 e. The fourth-order valence-corrected chi connectivity index (χ4v) is 2.49. The molecule has 16 heavy (non-hydrogen) atoms. The van der Waals surface area contributed by atoms with Crippen molar-refractivity contribution in [3.05, 3.63) is 28.3 Å². The van der Waals surface area contributed by atoms with Crippen LogP contribution in [0.5, 0.6) is 5.75 Å². The van der Waals surface area contributed by atoms with Crippen molar-refractivity contribution in [1.29, 1.82) is 0 Å². The van der Waals surface area contributed by atoms with Gasteiger partial charge in [-0.25, -0.2) is 0 Å². The standard InChI is InChI=1S/C13H17NO2/c1-8(15)12-11-5-3-2-4-9(11)6-10(7-14)13(12)16/h6,16H,2-5,7,14H2,1H3. The van der Waals surface area contributed by atoms with E-state index in [0.717, 1.165) is 31.2 Å². The molecule has 0 saturated heterocycles. The highest BCUT2D eigenvalue weighted by molar-refractivity contribution is 5.99. The van der Waals surface area contributed by atoms with E-state index in [9.17, 15) is 9.90 Å². The van der Waals surface area contributed by atoms with Gasteiger partial charge in [0, 0.05) is 12.1 Å². The average Bonchev–Trinajstić information content (AvgIpc) is 2.27. The van der Waals surface area contributed by atoms with Crippen LogP contribution >= 0.6 is 0 Å². The summed E-state index contributed by atoms with van der Waals surface area (Å²) in [5.74, 6) is 0.0293. The molecule has 0 fully saturated rings. The van der Waals surface area contributed by atoms with Gasteiger partial charge >= 0.3 is 0 Å². The number of phenolic OH excluding ortho intramolecular Hbond substituents is 1. The van der Waals surface area contributed by atoms with Crippen molar-refractivity contribution in [3.63, 3.8) is 0 Å². The Kier molecular flexibility index (Phi) is 2.97. The molecular weight excluding hydrogens is 202 g/mol. The third-order valence-corrected chi connectivity index (χ3v) is 3.27. The molecule has 2 rings (SSSR count). The lowest BCUT2D eigenvalue weighted by Gasteiger charge is -2.21. The Bertz CT molecular complexity index is 438. The van der Waals surface area contributed by atoms with Crippen LogP contribution in [0.4, 0.5) is 0 Å². The number of benzene rings is 1. The van der Waals surface area contributed by atoms with Crippen molar-refractivity contribution in [1.82, 2.24) is 0 Å². The first-order valence-electron chi connectivity index (χ1n) is 5.72. The number of phenols is 1. The molecule has 1 aliphatic rings. The molecule has 1 aromatic carbocycles. The van der Waals surface area contributed by atoms with Crippen LogP contribution in [0.3, 0.4) is 0 Å². The fraction of sp³-hybridized carbons (Fsp3) is 0.462. The lowest BCUT2D eigenvalue weighted by Crippen LogP contribution is -2.12. The highest BCUT2D eigenvalue weighted by Crippen LogP contribution is 2.33. The van der Waals surface area contributed by atoms with Crippen molar-refractivity contribution < 1.29 is 9.90 Å². The zero-order chi connectivity index (χ0) is 11.7. The normalized spacial score (nSPS) is 14.6. The van der Waals surface area contributed by atoms with Crippen LogP contribution in [0.1, 0.15) is 46.8 Å². The number of nitrogens with two attached hydrogens (primary N) is 1. The van der Waals surface area contributed by atoms with Gasteiger partial charge in [0.1, 0.15) is 5.75 Å². The lowest BCUT2D eigenvalue weighted by molar-refractivity contribution is 0.101. The van der Waals surface area contributed by atoms with Gasteiger partial charge in [-0.3, -0.25) is 4.79 Å². The van der Waals surface area contributed by atoms with Crippen molar-refractivity contribution in [2.24, 2.45) is 5.73 Å². The maximum atomic E-state index is 11.6. The Balaban J connectivity index is 2.67. The van der Waals surface area contributed by atoms with Gasteiger partial charge in [-0.2, -0.15) is 0 Å². The molecule has 1 aliphatic carbocycles. The van der Waals surface area contributed by atoms with Gasteiger partial charge in [0.05, 0.1) is 5.56 Å². The quantitative estimate of drug-likeness (QED) is 0.747. The number of aryl methyl sites for hydroxylation is 1. The number of rotatable bonds is 2. The summed E-state index contributed by atoms with van der Waals surface area (Å²) in [5, 5.41) is 10.0. The first-order valence-corrected chi connectivity index (χ1v) is 5.72. The van der Waals surface area contributed by atoms with E-state index in [1.807, 2.05) is 6.07 Å². The molecule has 0 radical (unpaired) electrons. The summed E-state index contributed by atoms with van der Waals surface area (Å²) >= 11 is 0.